The number of amides is 1. The van der Waals surface area contributed by atoms with Crippen LogP contribution in [0.25, 0.3) is 0 Å². The van der Waals surface area contributed by atoms with Crippen LogP contribution in [0.1, 0.15) is 43.0 Å². The summed E-state index contributed by atoms with van der Waals surface area (Å²) in [5.74, 6) is -0.348. The molecule has 0 radical (unpaired) electrons. The van der Waals surface area contributed by atoms with Gasteiger partial charge in [-0.2, -0.15) is 0 Å². The van der Waals surface area contributed by atoms with Gasteiger partial charge in [0, 0.05) is 5.02 Å². The van der Waals surface area contributed by atoms with Crippen LogP contribution in [0.5, 0.6) is 0 Å². The summed E-state index contributed by atoms with van der Waals surface area (Å²) in [6.07, 6.45) is 1.42. The topological polar surface area (TPSA) is 66.5 Å². The third-order valence-electron chi connectivity index (χ3n) is 4.78. The zero-order chi connectivity index (χ0) is 21.1. The van der Waals surface area contributed by atoms with E-state index >= 15 is 0 Å². The van der Waals surface area contributed by atoms with Crippen LogP contribution >= 0.6 is 11.6 Å². The van der Waals surface area contributed by atoms with Crippen LogP contribution in [0.3, 0.4) is 0 Å². The average molecular weight is 423 g/mol. The number of aryl methyl sites for hydroxylation is 2. The quantitative estimate of drug-likeness (QED) is 0.720. The van der Waals surface area contributed by atoms with E-state index in [4.69, 9.17) is 11.6 Å². The number of carbonyl (C=O) groups is 1. The standard InChI is InChI=1S/C21H27ClN2O3S/c1-6-20(24(28(5,26)27)19-9-7-8-18(22)13-19)21(25)23-16(4)17-11-10-14(2)15(3)12-17/h7-13,16,20H,6H2,1-5H3,(H,23,25). The second kappa shape index (κ2) is 8.97. The monoisotopic (exact) mass is 422 g/mol. The number of hydrogen-bond acceptors (Lipinski definition) is 3. The normalized spacial score (nSPS) is 13.6. The minimum Gasteiger partial charge on any atom is -0.348 e. The van der Waals surface area contributed by atoms with Gasteiger partial charge in [-0.25, -0.2) is 8.42 Å². The number of nitrogens with one attached hydrogen (secondary N) is 1. The number of benzene rings is 2. The lowest BCUT2D eigenvalue weighted by molar-refractivity contribution is -0.122. The molecule has 0 aliphatic rings. The first-order chi connectivity index (χ1) is 13.0. The maximum atomic E-state index is 13.0. The summed E-state index contributed by atoms with van der Waals surface area (Å²) >= 11 is 6.04. The van der Waals surface area contributed by atoms with E-state index in [-0.39, 0.29) is 11.9 Å². The van der Waals surface area contributed by atoms with Crippen molar-refractivity contribution in [1.29, 1.82) is 0 Å². The first-order valence-corrected chi connectivity index (χ1v) is 11.4. The van der Waals surface area contributed by atoms with Crippen molar-refractivity contribution in [2.24, 2.45) is 0 Å². The van der Waals surface area contributed by atoms with Gasteiger partial charge in [-0.1, -0.05) is 42.8 Å². The predicted molar refractivity (Wildman–Crippen MR) is 115 cm³/mol. The van der Waals surface area contributed by atoms with Gasteiger partial charge in [0.1, 0.15) is 6.04 Å². The summed E-state index contributed by atoms with van der Waals surface area (Å²) in [4.78, 5) is 13.0. The number of hydrogen-bond donors (Lipinski definition) is 1. The fraction of sp³-hybridized carbons (Fsp3) is 0.381. The lowest BCUT2D eigenvalue weighted by atomic mass is 10.0. The lowest BCUT2D eigenvalue weighted by Gasteiger charge is -2.31. The molecule has 2 aromatic carbocycles. The first-order valence-electron chi connectivity index (χ1n) is 9.17. The Bertz CT molecular complexity index is 960. The Balaban J connectivity index is 2.32. The zero-order valence-electron chi connectivity index (χ0n) is 16.9. The second-order valence-corrected chi connectivity index (χ2v) is 9.33. The Hall–Kier alpha value is -2.05. The van der Waals surface area contributed by atoms with Gasteiger partial charge >= 0.3 is 0 Å². The van der Waals surface area contributed by atoms with Crippen LogP contribution in [0.4, 0.5) is 5.69 Å². The molecule has 1 N–H and O–H groups in total. The van der Waals surface area contributed by atoms with E-state index < -0.39 is 16.1 Å². The summed E-state index contributed by atoms with van der Waals surface area (Å²) in [6.45, 7) is 7.73. The smallest absolute Gasteiger partial charge is 0.244 e. The molecule has 0 aliphatic heterocycles. The van der Waals surface area contributed by atoms with E-state index in [9.17, 15) is 13.2 Å². The van der Waals surface area contributed by atoms with Gasteiger partial charge in [0.25, 0.3) is 0 Å². The van der Waals surface area contributed by atoms with Crippen molar-refractivity contribution in [1.82, 2.24) is 5.32 Å². The van der Waals surface area contributed by atoms with Gasteiger partial charge in [0.15, 0.2) is 0 Å². The predicted octanol–water partition coefficient (Wildman–Crippen LogP) is 4.38. The van der Waals surface area contributed by atoms with Gasteiger partial charge in [-0.05, 0) is 62.1 Å². The molecule has 5 nitrogen and oxygen atoms in total. The van der Waals surface area contributed by atoms with Crippen molar-refractivity contribution in [3.63, 3.8) is 0 Å². The van der Waals surface area contributed by atoms with Gasteiger partial charge in [0.05, 0.1) is 18.0 Å². The number of anilines is 1. The van der Waals surface area contributed by atoms with Crippen molar-refractivity contribution in [3.05, 3.63) is 64.2 Å². The fourth-order valence-corrected chi connectivity index (χ4v) is 4.49. The van der Waals surface area contributed by atoms with Crippen molar-refractivity contribution in [2.45, 2.75) is 46.2 Å². The molecule has 2 unspecified atom stereocenters. The van der Waals surface area contributed by atoms with Gasteiger partial charge in [0.2, 0.25) is 15.9 Å². The van der Waals surface area contributed by atoms with Crippen LogP contribution in [-0.2, 0) is 14.8 Å². The van der Waals surface area contributed by atoms with Gasteiger partial charge in [-0.3, -0.25) is 9.10 Å². The Kier molecular flexibility index (Phi) is 7.12. The molecule has 0 bridgehead atoms. The molecule has 2 atom stereocenters. The number of nitrogens with zero attached hydrogens (tertiary/aromatic N) is 1. The highest BCUT2D eigenvalue weighted by molar-refractivity contribution is 7.92. The molecule has 7 heteroatoms. The number of sulfonamides is 1. The highest BCUT2D eigenvalue weighted by Crippen LogP contribution is 2.26. The molecule has 2 rings (SSSR count). The molecular formula is C21H27ClN2O3S. The average Bonchev–Trinajstić information content (AvgIpc) is 2.60. The third-order valence-corrected chi connectivity index (χ3v) is 6.20. The minimum absolute atomic E-state index is 0.248. The molecule has 0 saturated heterocycles. The molecule has 0 saturated carbocycles. The van der Waals surface area contributed by atoms with Crippen LogP contribution < -0.4 is 9.62 Å². The molecule has 0 aliphatic carbocycles. The fourth-order valence-electron chi connectivity index (χ4n) is 3.10. The van der Waals surface area contributed by atoms with Crippen molar-refractivity contribution in [3.8, 4) is 0 Å². The summed E-state index contributed by atoms with van der Waals surface area (Å²) in [6, 6.07) is 11.4. The first kappa shape index (κ1) is 22.2. The maximum Gasteiger partial charge on any atom is 0.244 e. The van der Waals surface area contributed by atoms with Crippen molar-refractivity contribution in [2.75, 3.05) is 10.6 Å². The third kappa shape index (κ3) is 5.26. The lowest BCUT2D eigenvalue weighted by Crippen LogP contribution is -2.49. The zero-order valence-corrected chi connectivity index (χ0v) is 18.4. The molecule has 152 valence electrons. The van der Waals surface area contributed by atoms with E-state index in [1.54, 1.807) is 31.2 Å². The van der Waals surface area contributed by atoms with Crippen molar-refractivity contribution >= 4 is 33.2 Å². The van der Waals surface area contributed by atoms with E-state index in [2.05, 4.69) is 5.32 Å². The molecule has 1 amide bonds. The molecule has 0 heterocycles. The van der Waals surface area contributed by atoms with E-state index in [0.29, 0.717) is 17.1 Å². The molecular weight excluding hydrogens is 396 g/mol. The van der Waals surface area contributed by atoms with E-state index in [0.717, 1.165) is 21.7 Å². The Morgan fingerprint density at radius 3 is 2.36 bits per heavy atom. The summed E-state index contributed by atoms with van der Waals surface area (Å²) in [5, 5.41) is 3.36. The number of halogens is 1. The maximum absolute atomic E-state index is 13.0. The molecule has 0 fully saturated rings. The van der Waals surface area contributed by atoms with Crippen molar-refractivity contribution < 1.29 is 13.2 Å². The van der Waals surface area contributed by atoms with Crippen LogP contribution in [0.15, 0.2) is 42.5 Å². The number of carbonyl (C=O) groups excluding carboxylic acids is 1. The largest absolute Gasteiger partial charge is 0.348 e. The summed E-state index contributed by atoms with van der Waals surface area (Å²) < 4.78 is 26.1. The Labute approximate surface area is 172 Å². The molecule has 2 aromatic rings. The molecule has 28 heavy (non-hydrogen) atoms. The highest BCUT2D eigenvalue weighted by atomic mass is 35.5. The van der Waals surface area contributed by atoms with Crippen LogP contribution in [-0.4, -0.2) is 26.6 Å². The Morgan fingerprint density at radius 2 is 1.82 bits per heavy atom. The summed E-state index contributed by atoms with van der Waals surface area (Å²) in [5.41, 5.74) is 3.66. The van der Waals surface area contributed by atoms with Crippen LogP contribution in [0, 0.1) is 13.8 Å². The highest BCUT2D eigenvalue weighted by Gasteiger charge is 2.32. The molecule has 0 spiro atoms. The minimum atomic E-state index is -3.69. The van der Waals surface area contributed by atoms with Gasteiger partial charge < -0.3 is 5.32 Å². The van der Waals surface area contributed by atoms with E-state index in [1.165, 1.54) is 5.56 Å². The van der Waals surface area contributed by atoms with Gasteiger partial charge in [-0.15, -0.1) is 0 Å². The SMILES string of the molecule is CCC(C(=O)NC(C)c1ccc(C)c(C)c1)N(c1cccc(Cl)c1)S(C)(=O)=O. The second-order valence-electron chi connectivity index (χ2n) is 7.04. The molecule has 0 aromatic heterocycles. The Morgan fingerprint density at radius 1 is 1.14 bits per heavy atom. The number of rotatable bonds is 7. The van der Waals surface area contributed by atoms with E-state index in [1.807, 2.05) is 39.0 Å². The van der Waals surface area contributed by atoms with Crippen LogP contribution in [0.2, 0.25) is 5.02 Å². The summed E-state index contributed by atoms with van der Waals surface area (Å²) in [7, 11) is -3.69.